The molecule has 1 fully saturated rings. The molecule has 2 aliphatic heterocycles. The lowest BCUT2D eigenvalue weighted by Gasteiger charge is -2.31. The number of hydrogen-bond donors (Lipinski definition) is 4. The Kier molecular flexibility index (Phi) is 12.0. The third-order valence-corrected chi connectivity index (χ3v) is 7.95. The van der Waals surface area contributed by atoms with Crippen LogP contribution in [0, 0.1) is 0 Å². The van der Waals surface area contributed by atoms with Crippen LogP contribution in [0.5, 0.6) is 0 Å². The van der Waals surface area contributed by atoms with Crippen LogP contribution in [0.15, 0.2) is 17.6 Å². The smallest absolute Gasteiger partial charge is 0.336 e. The first-order valence-corrected chi connectivity index (χ1v) is 15.1. The number of hydrogen-bond acceptors (Lipinski definition) is 11. The minimum atomic E-state index is -2.74. The molecule has 0 aliphatic carbocycles. The first-order valence-electron chi connectivity index (χ1n) is 14.1. The van der Waals surface area contributed by atoms with E-state index in [2.05, 4.69) is 40.5 Å². The number of carboxylic acids is 3. The number of anilines is 1. The average Bonchev–Trinajstić information content (AvgIpc) is 3.46. The van der Waals surface area contributed by atoms with E-state index >= 15 is 0 Å². The SMILES string of the molecule is CCCSc1ncc(CN2CCc3c(nc(C(C)C)nc3N3CCCC3)C2)cn1.O=C(O)CC(O)(CC(=O)O)C(=O)O. The summed E-state index contributed by atoms with van der Waals surface area (Å²) in [5, 5.41) is 34.7. The number of nitrogens with zero attached hydrogens (tertiary/aromatic N) is 6. The fraction of sp³-hybridized carbons (Fsp3) is 0.607. The van der Waals surface area contributed by atoms with Crippen LogP contribution in [0.2, 0.25) is 0 Å². The predicted octanol–water partition coefficient (Wildman–Crippen LogP) is 2.80. The van der Waals surface area contributed by atoms with Crippen LogP contribution in [0.25, 0.3) is 0 Å². The highest BCUT2D eigenvalue weighted by molar-refractivity contribution is 7.99. The highest BCUT2D eigenvalue weighted by Crippen LogP contribution is 2.30. The minimum absolute atomic E-state index is 0.346. The second kappa shape index (κ2) is 15.2. The third-order valence-electron chi connectivity index (χ3n) is 6.87. The van der Waals surface area contributed by atoms with Crippen molar-refractivity contribution in [3.8, 4) is 0 Å². The van der Waals surface area contributed by atoms with Gasteiger partial charge in [-0.15, -0.1) is 0 Å². The zero-order chi connectivity index (χ0) is 30.9. The van der Waals surface area contributed by atoms with Crippen molar-refractivity contribution in [2.45, 2.75) is 89.1 Å². The van der Waals surface area contributed by atoms with Gasteiger partial charge in [0, 0.05) is 67.9 Å². The van der Waals surface area contributed by atoms with Crippen molar-refractivity contribution in [1.29, 1.82) is 0 Å². The Morgan fingerprint density at radius 2 is 1.62 bits per heavy atom. The molecule has 0 unspecified atom stereocenters. The second-order valence-electron chi connectivity index (χ2n) is 10.8. The highest BCUT2D eigenvalue weighted by atomic mass is 32.2. The fourth-order valence-corrected chi connectivity index (χ4v) is 5.37. The van der Waals surface area contributed by atoms with Gasteiger partial charge < -0.3 is 25.3 Å². The van der Waals surface area contributed by atoms with Gasteiger partial charge >= 0.3 is 17.9 Å². The minimum Gasteiger partial charge on any atom is -0.481 e. The Bertz CT molecular complexity index is 1220. The van der Waals surface area contributed by atoms with Gasteiger partial charge in [-0.1, -0.05) is 32.5 Å². The summed E-state index contributed by atoms with van der Waals surface area (Å²) in [5.74, 6) is -1.42. The molecule has 0 amide bonds. The van der Waals surface area contributed by atoms with Crippen molar-refractivity contribution in [1.82, 2.24) is 24.8 Å². The van der Waals surface area contributed by atoms with Gasteiger partial charge in [0.1, 0.15) is 11.6 Å². The molecule has 42 heavy (non-hydrogen) atoms. The van der Waals surface area contributed by atoms with Gasteiger partial charge in [-0.3, -0.25) is 14.5 Å². The average molecular weight is 605 g/mol. The summed E-state index contributed by atoms with van der Waals surface area (Å²) in [6.07, 6.45) is 6.38. The molecular weight excluding hydrogens is 564 g/mol. The zero-order valence-electron chi connectivity index (χ0n) is 24.3. The molecule has 2 aliphatic rings. The van der Waals surface area contributed by atoms with E-state index in [1.165, 1.54) is 35.5 Å². The molecule has 1 saturated heterocycles. The first kappa shape index (κ1) is 33.1. The molecular formula is C28H40N6O7S. The van der Waals surface area contributed by atoms with Crippen LogP contribution in [-0.2, 0) is 33.9 Å². The highest BCUT2D eigenvalue weighted by Gasteiger charge is 2.40. The van der Waals surface area contributed by atoms with Gasteiger partial charge in [0.15, 0.2) is 10.8 Å². The van der Waals surface area contributed by atoms with Gasteiger partial charge in [-0.05, 0) is 25.7 Å². The number of carbonyl (C=O) groups is 3. The topological polar surface area (TPSA) is 190 Å². The van der Waals surface area contributed by atoms with Crippen molar-refractivity contribution >= 4 is 35.5 Å². The maximum atomic E-state index is 10.3. The van der Waals surface area contributed by atoms with E-state index in [1.807, 2.05) is 12.4 Å². The summed E-state index contributed by atoms with van der Waals surface area (Å²) in [6.45, 7) is 11.6. The van der Waals surface area contributed by atoms with Gasteiger partial charge in [0.05, 0.1) is 18.5 Å². The molecule has 2 aromatic rings. The largest absolute Gasteiger partial charge is 0.481 e. The molecule has 4 rings (SSSR count). The Balaban J connectivity index is 0.000000316. The third kappa shape index (κ3) is 9.33. The van der Waals surface area contributed by atoms with E-state index in [1.54, 1.807) is 11.8 Å². The Labute approximate surface area is 249 Å². The molecule has 13 nitrogen and oxygen atoms in total. The Hall–Kier alpha value is -3.36. The summed E-state index contributed by atoms with van der Waals surface area (Å²) < 4.78 is 0. The van der Waals surface area contributed by atoms with E-state index in [0.29, 0.717) is 5.92 Å². The summed E-state index contributed by atoms with van der Waals surface area (Å²) >= 11 is 1.73. The lowest BCUT2D eigenvalue weighted by Crippen LogP contribution is -2.42. The van der Waals surface area contributed by atoms with Crippen molar-refractivity contribution in [2.24, 2.45) is 0 Å². The number of carboxylic acid groups (broad SMARTS) is 3. The predicted molar refractivity (Wildman–Crippen MR) is 156 cm³/mol. The molecule has 0 spiro atoms. The molecule has 2 aromatic heterocycles. The Morgan fingerprint density at radius 1 is 1.00 bits per heavy atom. The number of fused-ring (bicyclic) bond motifs is 1. The standard InChI is InChI=1S/C22H32N6S.C6H8O7/c1-4-11-29-22-23-12-17(13-24-22)14-27-10-7-18-19(15-27)25-20(16(2)3)26-21(18)28-8-5-6-9-28;7-3(8)1-6(13,5(11)12)2-4(9)10/h12-13,16H,4-11,14-15H2,1-3H3;13H,1-2H2,(H,7,8)(H,9,10)(H,11,12). The monoisotopic (exact) mass is 604 g/mol. The van der Waals surface area contributed by atoms with Crippen molar-refractivity contribution in [3.05, 3.63) is 35.0 Å². The van der Waals surface area contributed by atoms with E-state index < -0.39 is 36.4 Å². The molecule has 0 atom stereocenters. The van der Waals surface area contributed by atoms with E-state index in [-0.39, 0.29) is 0 Å². The number of thioether (sulfide) groups is 1. The Morgan fingerprint density at radius 3 is 2.14 bits per heavy atom. The van der Waals surface area contributed by atoms with Gasteiger partial charge in [0.25, 0.3) is 0 Å². The molecule has 4 N–H and O–H groups in total. The molecule has 0 bridgehead atoms. The quantitative estimate of drug-likeness (QED) is 0.204. The zero-order valence-corrected chi connectivity index (χ0v) is 25.1. The van der Waals surface area contributed by atoms with E-state index in [4.69, 9.17) is 30.4 Å². The van der Waals surface area contributed by atoms with Crippen LogP contribution in [0.1, 0.15) is 81.4 Å². The van der Waals surface area contributed by atoms with E-state index in [0.717, 1.165) is 62.3 Å². The maximum absolute atomic E-state index is 10.3. The second-order valence-corrected chi connectivity index (χ2v) is 11.9. The van der Waals surface area contributed by atoms with Crippen LogP contribution in [0.3, 0.4) is 0 Å². The molecule has 0 aromatic carbocycles. The number of aromatic nitrogens is 4. The molecule has 230 valence electrons. The van der Waals surface area contributed by atoms with Crippen LogP contribution in [-0.4, -0.2) is 94.2 Å². The van der Waals surface area contributed by atoms with Crippen LogP contribution >= 0.6 is 11.8 Å². The number of aliphatic hydroxyl groups is 1. The summed E-state index contributed by atoms with van der Waals surface area (Å²) in [6, 6.07) is 0. The summed E-state index contributed by atoms with van der Waals surface area (Å²) in [5.41, 5.74) is 1.02. The number of rotatable bonds is 12. The van der Waals surface area contributed by atoms with Gasteiger partial charge in [-0.25, -0.2) is 24.7 Å². The summed E-state index contributed by atoms with van der Waals surface area (Å²) in [4.78, 5) is 54.4. The van der Waals surface area contributed by atoms with Crippen molar-refractivity contribution in [3.63, 3.8) is 0 Å². The molecule has 4 heterocycles. The lowest BCUT2D eigenvalue weighted by molar-refractivity contribution is -0.170. The normalized spacial score (nSPS) is 15.2. The first-order chi connectivity index (χ1) is 19.9. The maximum Gasteiger partial charge on any atom is 0.336 e. The fourth-order valence-electron chi connectivity index (χ4n) is 4.73. The number of aliphatic carboxylic acids is 3. The van der Waals surface area contributed by atoms with Crippen molar-refractivity contribution < 1.29 is 34.8 Å². The summed E-state index contributed by atoms with van der Waals surface area (Å²) in [7, 11) is 0. The lowest BCUT2D eigenvalue weighted by atomic mass is 9.96. The van der Waals surface area contributed by atoms with Gasteiger partial charge in [0.2, 0.25) is 0 Å². The molecule has 0 radical (unpaired) electrons. The van der Waals surface area contributed by atoms with E-state index in [9.17, 15) is 14.4 Å². The molecule has 14 heteroatoms. The van der Waals surface area contributed by atoms with Gasteiger partial charge in [-0.2, -0.15) is 0 Å². The van der Waals surface area contributed by atoms with Crippen LogP contribution in [0.4, 0.5) is 5.82 Å². The molecule has 0 saturated carbocycles. The van der Waals surface area contributed by atoms with Crippen LogP contribution < -0.4 is 4.90 Å². The van der Waals surface area contributed by atoms with Crippen molar-refractivity contribution in [2.75, 3.05) is 30.3 Å².